The maximum Gasteiger partial charge on any atom is 0.341 e. The van der Waals surface area contributed by atoms with Crippen LogP contribution in [0.2, 0.25) is 0 Å². The van der Waals surface area contributed by atoms with Crippen LogP contribution in [0.15, 0.2) is 5.29 Å². The molecule has 7 nitrogen and oxygen atoms in total. The molecule has 0 saturated carbocycles. The number of amides is 2. The third-order valence-corrected chi connectivity index (χ3v) is 2.65. The van der Waals surface area contributed by atoms with E-state index in [1.54, 1.807) is 0 Å². The highest BCUT2D eigenvalue weighted by molar-refractivity contribution is 7.98. The summed E-state index contributed by atoms with van der Waals surface area (Å²) in [6.45, 7) is -0.0637. The first kappa shape index (κ1) is 16.0. The monoisotopic (exact) mass is 283 g/mol. The Bertz CT molecular complexity index is 279. The Balaban J connectivity index is 4.36. The molecule has 0 saturated heterocycles. The van der Waals surface area contributed by atoms with Crippen molar-refractivity contribution in [3.05, 3.63) is 4.91 Å². The third-order valence-electron chi connectivity index (χ3n) is 1.84. The number of hydrogen-bond acceptors (Lipinski definition) is 5. The zero-order chi connectivity index (χ0) is 13.3. The molecule has 17 heavy (non-hydrogen) atoms. The molecule has 98 valence electrons. The number of hydrogen-bond donors (Lipinski definition) is 2. The molecule has 0 fully saturated rings. The van der Waals surface area contributed by atoms with E-state index in [9.17, 15) is 14.5 Å². The topological polar surface area (TPSA) is 99.1 Å². The number of urea groups is 1. The summed E-state index contributed by atoms with van der Waals surface area (Å²) in [5.74, 6) is -0.521. The SMILES string of the molecule is CSCCC(NC(=O)N(CCCl)N=O)C(=O)O. The van der Waals surface area contributed by atoms with E-state index in [1.165, 1.54) is 11.8 Å². The summed E-state index contributed by atoms with van der Waals surface area (Å²) in [6, 6.07) is -1.89. The van der Waals surface area contributed by atoms with Crippen LogP contribution in [-0.4, -0.2) is 52.6 Å². The first-order valence-electron chi connectivity index (χ1n) is 4.75. The number of nitrogens with zero attached hydrogens (tertiary/aromatic N) is 2. The lowest BCUT2D eigenvalue weighted by Gasteiger charge is -2.17. The first-order chi connectivity index (χ1) is 8.06. The molecule has 9 heteroatoms. The van der Waals surface area contributed by atoms with Crippen LogP contribution in [0.5, 0.6) is 0 Å². The number of aliphatic carboxylic acids is 1. The van der Waals surface area contributed by atoms with Gasteiger partial charge in [-0.05, 0) is 18.4 Å². The van der Waals surface area contributed by atoms with Gasteiger partial charge in [0.2, 0.25) is 0 Å². The van der Waals surface area contributed by atoms with Crippen molar-refractivity contribution in [2.24, 2.45) is 5.29 Å². The number of alkyl halides is 1. The van der Waals surface area contributed by atoms with E-state index in [4.69, 9.17) is 16.7 Å². The number of carbonyl (C=O) groups excluding carboxylic acids is 1. The average molecular weight is 284 g/mol. The van der Waals surface area contributed by atoms with Crippen LogP contribution >= 0.6 is 23.4 Å². The highest BCUT2D eigenvalue weighted by atomic mass is 35.5. The van der Waals surface area contributed by atoms with Gasteiger partial charge in [-0.2, -0.15) is 16.8 Å². The molecule has 0 heterocycles. The maximum absolute atomic E-state index is 11.4. The lowest BCUT2D eigenvalue weighted by molar-refractivity contribution is -0.139. The number of carboxylic acids is 1. The van der Waals surface area contributed by atoms with Crippen LogP contribution in [-0.2, 0) is 4.79 Å². The number of nitrogens with one attached hydrogen (secondary N) is 1. The minimum absolute atomic E-state index is 0.0434. The van der Waals surface area contributed by atoms with E-state index in [2.05, 4.69) is 10.6 Å². The van der Waals surface area contributed by atoms with Gasteiger partial charge in [-0.1, -0.05) is 0 Å². The number of carbonyl (C=O) groups is 2. The highest BCUT2D eigenvalue weighted by Crippen LogP contribution is 2.02. The number of thioether (sulfide) groups is 1. The van der Waals surface area contributed by atoms with E-state index < -0.39 is 18.0 Å². The van der Waals surface area contributed by atoms with E-state index >= 15 is 0 Å². The van der Waals surface area contributed by atoms with Gasteiger partial charge in [-0.15, -0.1) is 16.5 Å². The van der Waals surface area contributed by atoms with Crippen LogP contribution in [0.3, 0.4) is 0 Å². The van der Waals surface area contributed by atoms with Crippen LogP contribution < -0.4 is 5.32 Å². The van der Waals surface area contributed by atoms with E-state index in [0.29, 0.717) is 10.8 Å². The third kappa shape index (κ3) is 6.32. The van der Waals surface area contributed by atoms with Gasteiger partial charge in [0.25, 0.3) is 0 Å². The van der Waals surface area contributed by atoms with E-state index in [1.807, 2.05) is 6.26 Å². The van der Waals surface area contributed by atoms with Crippen LogP contribution in [0, 0.1) is 4.91 Å². The summed E-state index contributed by atoms with van der Waals surface area (Å²) in [6.07, 6.45) is 2.10. The number of rotatable bonds is 8. The summed E-state index contributed by atoms with van der Waals surface area (Å²) in [5.41, 5.74) is 0. The van der Waals surface area contributed by atoms with Crippen molar-refractivity contribution >= 4 is 35.4 Å². The van der Waals surface area contributed by atoms with Crippen molar-refractivity contribution in [1.29, 1.82) is 0 Å². The molecular weight excluding hydrogens is 270 g/mol. The summed E-state index contributed by atoms with van der Waals surface area (Å²) in [5, 5.41) is 14.1. The van der Waals surface area contributed by atoms with Gasteiger partial charge in [0.1, 0.15) is 6.04 Å². The lowest BCUT2D eigenvalue weighted by atomic mass is 10.2. The van der Waals surface area contributed by atoms with Crippen LogP contribution in [0.4, 0.5) is 4.79 Å². The molecule has 0 aromatic rings. The largest absolute Gasteiger partial charge is 0.480 e. The molecule has 0 aromatic heterocycles. The molecule has 0 aliphatic rings. The lowest BCUT2D eigenvalue weighted by Crippen LogP contribution is -2.46. The Morgan fingerprint density at radius 2 is 2.24 bits per heavy atom. The summed E-state index contributed by atoms with van der Waals surface area (Å²) in [7, 11) is 0. The predicted octanol–water partition coefficient (Wildman–Crippen LogP) is 1.12. The predicted molar refractivity (Wildman–Crippen MR) is 66.2 cm³/mol. The van der Waals surface area contributed by atoms with Crippen molar-refractivity contribution in [2.75, 3.05) is 24.4 Å². The molecule has 2 amide bonds. The number of nitroso groups, excluding NO2 is 1. The molecule has 1 atom stereocenters. The average Bonchev–Trinajstić information content (AvgIpc) is 2.30. The van der Waals surface area contributed by atoms with Gasteiger partial charge in [-0.25, -0.2) is 9.59 Å². The fourth-order valence-corrected chi connectivity index (χ4v) is 1.61. The maximum atomic E-state index is 11.4. The van der Waals surface area contributed by atoms with Crippen molar-refractivity contribution in [1.82, 2.24) is 10.3 Å². The second-order valence-corrected chi connectivity index (χ2v) is 4.38. The Labute approximate surface area is 108 Å². The normalized spacial score (nSPS) is 11.6. The zero-order valence-corrected chi connectivity index (χ0v) is 10.8. The van der Waals surface area contributed by atoms with Gasteiger partial charge < -0.3 is 10.4 Å². The van der Waals surface area contributed by atoms with Gasteiger partial charge in [-0.3, -0.25) is 0 Å². The van der Waals surface area contributed by atoms with Gasteiger partial charge in [0, 0.05) is 5.88 Å². The fraction of sp³-hybridized carbons (Fsp3) is 0.750. The standard InChI is InChI=1S/C8H14ClN3O4S/c1-17-5-2-6(7(13)14)10-8(15)12(11-16)4-3-9/h6H,2-5H2,1H3,(H,10,15)(H,13,14). The Morgan fingerprint density at radius 3 is 2.65 bits per heavy atom. The second kappa shape index (κ2) is 9.06. The van der Waals surface area contributed by atoms with E-state index in [0.717, 1.165) is 0 Å². The van der Waals surface area contributed by atoms with Gasteiger partial charge >= 0.3 is 12.0 Å². The molecule has 1 unspecified atom stereocenters. The smallest absolute Gasteiger partial charge is 0.341 e. The van der Waals surface area contributed by atoms with Crippen LogP contribution in [0.1, 0.15) is 6.42 Å². The quantitative estimate of drug-likeness (QED) is 0.395. The molecule has 0 radical (unpaired) electrons. The Hall–Kier alpha value is -1.02. The molecule has 0 rings (SSSR count). The molecule has 2 N–H and O–H groups in total. The minimum Gasteiger partial charge on any atom is -0.480 e. The zero-order valence-electron chi connectivity index (χ0n) is 9.26. The van der Waals surface area contributed by atoms with Gasteiger partial charge in [0.15, 0.2) is 0 Å². The molecule has 0 aliphatic heterocycles. The Morgan fingerprint density at radius 1 is 1.59 bits per heavy atom. The van der Waals surface area contributed by atoms with Crippen LogP contribution in [0.25, 0.3) is 0 Å². The van der Waals surface area contributed by atoms with E-state index in [-0.39, 0.29) is 18.8 Å². The second-order valence-electron chi connectivity index (χ2n) is 3.02. The summed E-state index contributed by atoms with van der Waals surface area (Å²) < 4.78 is 0. The van der Waals surface area contributed by atoms with Crippen molar-refractivity contribution in [3.63, 3.8) is 0 Å². The highest BCUT2D eigenvalue weighted by Gasteiger charge is 2.23. The number of halogens is 1. The molecule has 0 aromatic carbocycles. The molecular formula is C8H14ClN3O4S. The minimum atomic E-state index is -1.15. The first-order valence-corrected chi connectivity index (χ1v) is 6.68. The molecule has 0 spiro atoms. The fourth-order valence-electron chi connectivity index (χ4n) is 0.976. The van der Waals surface area contributed by atoms with Crippen molar-refractivity contribution in [2.45, 2.75) is 12.5 Å². The summed E-state index contributed by atoms with van der Waals surface area (Å²) >= 11 is 6.83. The Kier molecular flexibility index (Phi) is 8.51. The van der Waals surface area contributed by atoms with Crippen molar-refractivity contribution < 1.29 is 14.7 Å². The summed E-state index contributed by atoms with van der Waals surface area (Å²) in [4.78, 5) is 32.6. The molecule has 0 bridgehead atoms. The molecule has 0 aliphatic carbocycles. The van der Waals surface area contributed by atoms with Gasteiger partial charge in [0.05, 0.1) is 11.8 Å². The van der Waals surface area contributed by atoms with Crippen molar-refractivity contribution in [3.8, 4) is 0 Å². The number of carboxylic acid groups (broad SMARTS) is 1.